The van der Waals surface area contributed by atoms with Gasteiger partial charge >= 0.3 is 5.97 Å². The average Bonchev–Trinajstić information content (AvgIpc) is 3.68. The van der Waals surface area contributed by atoms with Crippen molar-refractivity contribution in [2.24, 2.45) is 35.5 Å². The van der Waals surface area contributed by atoms with Gasteiger partial charge in [-0.05, 0) is 122 Å². The summed E-state index contributed by atoms with van der Waals surface area (Å²) in [5.74, 6) is 9.74. The average molecular weight is 1230 g/mol. The number of thioether (sulfide) groups is 2. The third kappa shape index (κ3) is 29.8. The summed E-state index contributed by atoms with van der Waals surface area (Å²) in [7, 11) is 0. The normalized spacial score (nSPS) is 15.1. The molecule has 86 heavy (non-hydrogen) atoms. The molecule has 0 radical (unpaired) electrons. The van der Waals surface area contributed by atoms with Gasteiger partial charge in [0.05, 0.1) is 24.0 Å². The molecule has 0 atom stereocenters. The fraction of sp³-hybridized carbons (Fsp3) is 0.544. The second kappa shape index (κ2) is 38.0. The third-order valence-corrected chi connectivity index (χ3v) is 14.7. The van der Waals surface area contributed by atoms with Gasteiger partial charge in [0.2, 0.25) is 0 Å². The van der Waals surface area contributed by atoms with E-state index >= 15 is 0 Å². The molecule has 0 bridgehead atoms. The zero-order valence-corrected chi connectivity index (χ0v) is 56.0. The van der Waals surface area contributed by atoms with Crippen molar-refractivity contribution in [3.63, 3.8) is 0 Å². The SMILES string of the molecule is C=C1NC=C(CC(C)C)O1.CC(C)CC1=CCC(=O)O1.CC(C)CC1=CCC(=O)S1.CC(C)CC1=CCC(=O)S1.CC(C)Cc1cc(=O)[nH]o1.CC(C)N1CCc2c(O)coc2C1.CC(C)c1ccc2c(O)coc2c1.Cc1cc(CC(C)C)on1. The number of H-pyrrole nitrogens is 1. The number of hydrogen-bond donors (Lipinski definition) is 4. The van der Waals surface area contributed by atoms with Crippen molar-refractivity contribution in [2.75, 3.05) is 6.54 Å². The number of nitrogens with zero attached hydrogens (tertiary/aromatic N) is 2. The molecule has 5 aliphatic heterocycles. The zero-order valence-electron chi connectivity index (χ0n) is 54.3. The number of fused-ring (bicyclic) bond motifs is 2. The van der Waals surface area contributed by atoms with Crippen molar-refractivity contribution in [1.82, 2.24) is 20.5 Å². The molecule has 0 saturated carbocycles. The molecule has 0 amide bonds. The number of aromatic nitrogens is 2. The predicted molar refractivity (Wildman–Crippen MR) is 348 cm³/mol. The molecular weight excluding hydrogens is 1130 g/mol. The van der Waals surface area contributed by atoms with Gasteiger partial charge in [0.1, 0.15) is 46.9 Å². The lowest BCUT2D eigenvalue weighted by molar-refractivity contribution is -0.136. The summed E-state index contributed by atoms with van der Waals surface area (Å²) in [4.78, 5) is 47.4. The van der Waals surface area contributed by atoms with Crippen LogP contribution in [0.15, 0.2) is 124 Å². The molecule has 476 valence electrons. The zero-order chi connectivity index (χ0) is 64.2. The number of allylic oxidation sites excluding steroid dienone is 6. The van der Waals surface area contributed by atoms with E-state index in [0.29, 0.717) is 88.6 Å². The molecule has 5 aliphatic rings. The predicted octanol–water partition coefficient (Wildman–Crippen LogP) is 17.3. The minimum atomic E-state index is -0.157. The Hall–Kier alpha value is -6.37. The van der Waals surface area contributed by atoms with Crippen molar-refractivity contribution < 1.29 is 52.0 Å². The Morgan fingerprint density at radius 3 is 1.64 bits per heavy atom. The van der Waals surface area contributed by atoms with Gasteiger partial charge < -0.3 is 42.9 Å². The van der Waals surface area contributed by atoms with Gasteiger partial charge in [0, 0.05) is 75.0 Å². The molecule has 0 unspecified atom stereocenters. The molecular formula is C68H100N4O12S2. The summed E-state index contributed by atoms with van der Waals surface area (Å²) in [5.41, 5.74) is 3.79. The number of furan rings is 2. The number of aromatic amines is 1. The van der Waals surface area contributed by atoms with Crippen molar-refractivity contribution in [3.05, 3.63) is 146 Å². The lowest BCUT2D eigenvalue weighted by atomic mass is 10.0. The van der Waals surface area contributed by atoms with Crippen molar-refractivity contribution >= 4 is 50.7 Å². The number of rotatable bonds is 14. The molecule has 16 nitrogen and oxygen atoms in total. The van der Waals surface area contributed by atoms with E-state index in [9.17, 15) is 29.4 Å². The highest BCUT2D eigenvalue weighted by Crippen LogP contribution is 2.33. The number of aromatic hydroxyl groups is 2. The van der Waals surface area contributed by atoms with Crippen LogP contribution in [0.5, 0.6) is 11.5 Å². The quantitative estimate of drug-likeness (QED) is 0.0759. The number of carbonyl (C=O) groups is 3. The number of benzene rings is 1. The molecule has 4 aromatic heterocycles. The van der Waals surface area contributed by atoms with Crippen LogP contribution in [-0.2, 0) is 49.7 Å². The summed E-state index contributed by atoms with van der Waals surface area (Å²) in [6.07, 6.45) is 19.1. The van der Waals surface area contributed by atoms with Crippen LogP contribution < -0.4 is 10.9 Å². The maximum atomic E-state index is 10.7. The van der Waals surface area contributed by atoms with Crippen molar-refractivity contribution in [3.8, 4) is 11.5 Å². The molecule has 9 heterocycles. The standard InChI is InChI=1S/C11H12O2.C10H15NO2.2C8H13NO.C8H12O2.2C8H12OS.C7H11NO2/c1-7(2)8-3-4-9-10(12)6-13-11(9)5-8;1-7(2)11-4-3-8-9(12)6-13-10(8)5-11;1-6(2)4-8-5-9-7(3)10-8;1-6(2)4-8-5-7(3)9-10-8;3*1-6(2)5-7-3-4-8(9)10-7;1-5(2)3-6-4-7(9)8-10-6/h3-7,12H,1-2H3;6-7,12H,3-5H2,1-2H3;5-6,9H,3-4H2,1-2H3;5-6H,4H2,1-3H3;3*3,6H,4-5H2,1-2H3;4-5H,3H2,1-2H3,(H,8,9). The van der Waals surface area contributed by atoms with Gasteiger partial charge in [-0.25, -0.2) is 0 Å². The summed E-state index contributed by atoms with van der Waals surface area (Å²) in [6, 6.07) is 9.89. The summed E-state index contributed by atoms with van der Waals surface area (Å²) < 4.78 is 30.4. The fourth-order valence-electron chi connectivity index (χ4n) is 8.64. The lowest BCUT2D eigenvalue weighted by Crippen LogP contribution is -2.35. The number of hydrogen-bond acceptors (Lipinski definition) is 17. The Kier molecular flexibility index (Phi) is 32.7. The van der Waals surface area contributed by atoms with E-state index in [2.05, 4.69) is 138 Å². The van der Waals surface area contributed by atoms with E-state index in [4.69, 9.17) is 27.4 Å². The number of ether oxygens (including phenoxy) is 2. The number of carbonyl (C=O) groups excluding carboxylic acids is 3. The first-order chi connectivity index (χ1) is 40.5. The highest BCUT2D eigenvalue weighted by Gasteiger charge is 2.24. The molecule has 4 N–H and O–H groups in total. The topological polar surface area (TPSA) is 224 Å². The first kappa shape index (κ1) is 73.9. The van der Waals surface area contributed by atoms with Crippen LogP contribution in [0.1, 0.15) is 196 Å². The molecule has 0 aliphatic carbocycles. The molecule has 0 saturated heterocycles. The maximum absolute atomic E-state index is 10.7. The van der Waals surface area contributed by atoms with Gasteiger partial charge in [-0.2, -0.15) is 5.16 Å². The second-order valence-corrected chi connectivity index (χ2v) is 27.3. The van der Waals surface area contributed by atoms with Crippen molar-refractivity contribution in [2.45, 2.75) is 200 Å². The number of nitrogens with one attached hydrogen (secondary N) is 2. The van der Waals surface area contributed by atoms with E-state index in [1.807, 2.05) is 55.6 Å². The largest absolute Gasteiger partial charge is 0.504 e. The Morgan fingerprint density at radius 1 is 0.640 bits per heavy atom. The van der Waals surface area contributed by atoms with E-state index in [-0.39, 0.29) is 17.3 Å². The lowest BCUT2D eigenvalue weighted by Gasteiger charge is -2.29. The van der Waals surface area contributed by atoms with Gasteiger partial charge in [-0.1, -0.05) is 144 Å². The maximum Gasteiger partial charge on any atom is 0.314 e. The van der Waals surface area contributed by atoms with Crippen LogP contribution in [0, 0.1) is 42.4 Å². The van der Waals surface area contributed by atoms with Gasteiger partial charge in [-0.3, -0.25) is 24.1 Å². The van der Waals surface area contributed by atoms with Crippen LogP contribution in [0.4, 0.5) is 0 Å². The summed E-state index contributed by atoms with van der Waals surface area (Å²) in [6.45, 7) is 41.7. The number of aryl methyl sites for hydroxylation is 1. The van der Waals surface area contributed by atoms with E-state index in [1.165, 1.54) is 57.5 Å². The highest BCUT2D eigenvalue weighted by atomic mass is 32.2. The molecule has 5 aromatic rings. The molecule has 10 rings (SSSR count). The first-order valence-electron chi connectivity index (χ1n) is 30.3. The Morgan fingerprint density at radius 2 is 1.20 bits per heavy atom. The van der Waals surface area contributed by atoms with Crippen LogP contribution in [0.25, 0.3) is 11.0 Å². The second-order valence-electron chi connectivity index (χ2n) is 24.9. The van der Waals surface area contributed by atoms with E-state index in [0.717, 1.165) is 109 Å². The first-order valence-corrected chi connectivity index (χ1v) is 31.9. The van der Waals surface area contributed by atoms with E-state index in [1.54, 1.807) is 0 Å². The molecule has 18 heteroatoms. The Balaban J connectivity index is 0.000000258. The molecule has 1 aromatic carbocycles. The van der Waals surface area contributed by atoms with Gasteiger partial charge in [0.25, 0.3) is 5.56 Å². The van der Waals surface area contributed by atoms with Gasteiger partial charge in [0.15, 0.2) is 27.6 Å². The van der Waals surface area contributed by atoms with Crippen LogP contribution in [-0.4, -0.2) is 54.2 Å². The Labute approximate surface area is 520 Å². The minimum Gasteiger partial charge on any atom is -0.504 e. The van der Waals surface area contributed by atoms with Crippen LogP contribution in [0.2, 0.25) is 0 Å². The highest BCUT2D eigenvalue weighted by molar-refractivity contribution is 8.17. The summed E-state index contributed by atoms with van der Waals surface area (Å²) in [5, 5.41) is 29.1. The fourth-order valence-corrected chi connectivity index (χ4v) is 10.7. The summed E-state index contributed by atoms with van der Waals surface area (Å²) >= 11 is 2.83. The molecule has 0 fully saturated rings. The van der Waals surface area contributed by atoms with Crippen LogP contribution in [0.3, 0.4) is 0 Å². The Bertz CT molecular complexity index is 2900. The van der Waals surface area contributed by atoms with E-state index < -0.39 is 0 Å². The van der Waals surface area contributed by atoms with Crippen LogP contribution >= 0.6 is 23.5 Å². The third-order valence-electron chi connectivity index (χ3n) is 12.7. The monoisotopic (exact) mass is 1230 g/mol. The van der Waals surface area contributed by atoms with Gasteiger partial charge in [-0.15, -0.1) is 0 Å². The number of esters is 1. The minimum absolute atomic E-state index is 0.115. The van der Waals surface area contributed by atoms with Crippen molar-refractivity contribution in [1.29, 1.82) is 0 Å². The number of cyclic esters (lactones) is 1. The molecule has 0 spiro atoms. The smallest absolute Gasteiger partial charge is 0.314 e.